The molecule has 0 bridgehead atoms. The van der Waals surface area contributed by atoms with Crippen molar-refractivity contribution in [1.29, 1.82) is 0 Å². The van der Waals surface area contributed by atoms with Crippen molar-refractivity contribution in [3.05, 3.63) is 60.2 Å². The van der Waals surface area contributed by atoms with Crippen LogP contribution in [0.15, 0.2) is 48.8 Å². The molecule has 2 aromatic carbocycles. The summed E-state index contributed by atoms with van der Waals surface area (Å²) in [6.45, 7) is 7.70. The van der Waals surface area contributed by atoms with E-state index in [4.69, 9.17) is 15.9 Å². The molecule has 4 rings (SSSR count). The number of terminal acetylenes is 1. The Balaban J connectivity index is 1.67. The first-order chi connectivity index (χ1) is 18.0. The van der Waals surface area contributed by atoms with Crippen LogP contribution in [0, 0.1) is 18.2 Å². The van der Waals surface area contributed by atoms with E-state index in [-0.39, 0.29) is 17.7 Å². The second kappa shape index (κ2) is 12.3. The van der Waals surface area contributed by atoms with Gasteiger partial charge in [-0.2, -0.15) is 0 Å². The SMILES string of the molecule is C#Cc1ccc(F)c(Nc2ncnc3cc(O[C@H]4CCOC4)c(NC(=O)C=CCN(CC)CC)cc23)c1. The lowest BCUT2D eigenvalue weighted by Crippen LogP contribution is -2.23. The molecule has 0 saturated carbocycles. The molecule has 1 aliphatic rings. The Morgan fingerprint density at radius 1 is 1.27 bits per heavy atom. The minimum atomic E-state index is -0.473. The van der Waals surface area contributed by atoms with E-state index in [0.29, 0.717) is 53.5 Å². The topological polar surface area (TPSA) is 88.6 Å². The number of fused-ring (bicyclic) bond motifs is 1. The zero-order valence-electron chi connectivity index (χ0n) is 21.0. The van der Waals surface area contributed by atoms with Crippen molar-refractivity contribution >= 4 is 34.0 Å². The summed E-state index contributed by atoms with van der Waals surface area (Å²) in [6, 6.07) is 7.82. The monoisotopic (exact) mass is 503 g/mol. The first-order valence-corrected chi connectivity index (χ1v) is 12.3. The number of hydrogen-bond donors (Lipinski definition) is 2. The lowest BCUT2D eigenvalue weighted by molar-refractivity contribution is -0.111. The van der Waals surface area contributed by atoms with Gasteiger partial charge < -0.3 is 25.0 Å². The number of anilines is 3. The molecule has 0 radical (unpaired) electrons. The fraction of sp³-hybridized carbons (Fsp3) is 0.321. The van der Waals surface area contributed by atoms with Gasteiger partial charge in [0, 0.05) is 36.1 Å². The normalized spacial score (nSPS) is 15.3. The van der Waals surface area contributed by atoms with Crippen molar-refractivity contribution < 1.29 is 18.7 Å². The maximum Gasteiger partial charge on any atom is 0.248 e. The molecule has 8 nitrogen and oxygen atoms in total. The second-order valence-electron chi connectivity index (χ2n) is 8.53. The fourth-order valence-corrected chi connectivity index (χ4v) is 3.97. The van der Waals surface area contributed by atoms with Gasteiger partial charge >= 0.3 is 0 Å². The first kappa shape index (κ1) is 26.1. The average molecular weight is 504 g/mol. The Kier molecular flexibility index (Phi) is 8.67. The number of carbonyl (C=O) groups is 1. The number of ether oxygens (including phenoxy) is 2. The quantitative estimate of drug-likeness (QED) is 0.311. The fourth-order valence-electron chi connectivity index (χ4n) is 3.97. The van der Waals surface area contributed by atoms with Crippen LogP contribution in [0.1, 0.15) is 25.8 Å². The summed E-state index contributed by atoms with van der Waals surface area (Å²) in [6.07, 6.45) is 10.8. The summed E-state index contributed by atoms with van der Waals surface area (Å²) in [5, 5.41) is 6.50. The van der Waals surface area contributed by atoms with Gasteiger partial charge in [-0.3, -0.25) is 4.79 Å². The molecular weight excluding hydrogens is 473 g/mol. The molecule has 192 valence electrons. The largest absolute Gasteiger partial charge is 0.486 e. The molecule has 1 atom stereocenters. The molecule has 1 amide bonds. The molecule has 1 aromatic heterocycles. The predicted octanol–water partition coefficient (Wildman–Crippen LogP) is 4.50. The van der Waals surface area contributed by atoms with Crippen LogP contribution < -0.4 is 15.4 Å². The number of benzene rings is 2. The van der Waals surface area contributed by atoms with Crippen molar-refractivity contribution in [2.45, 2.75) is 26.4 Å². The van der Waals surface area contributed by atoms with Gasteiger partial charge in [0.05, 0.1) is 30.1 Å². The van der Waals surface area contributed by atoms with Crippen LogP contribution in [0.25, 0.3) is 10.9 Å². The van der Waals surface area contributed by atoms with Crippen LogP contribution in [-0.4, -0.2) is 59.7 Å². The van der Waals surface area contributed by atoms with Gasteiger partial charge in [-0.25, -0.2) is 14.4 Å². The highest BCUT2D eigenvalue weighted by atomic mass is 19.1. The zero-order chi connectivity index (χ0) is 26.2. The van der Waals surface area contributed by atoms with Gasteiger partial charge in [-0.05, 0) is 37.4 Å². The van der Waals surface area contributed by atoms with Crippen LogP contribution in [0.5, 0.6) is 5.75 Å². The first-order valence-electron chi connectivity index (χ1n) is 12.3. The van der Waals surface area contributed by atoms with E-state index in [9.17, 15) is 9.18 Å². The van der Waals surface area contributed by atoms with Gasteiger partial charge in [0.1, 0.15) is 29.8 Å². The van der Waals surface area contributed by atoms with Crippen molar-refractivity contribution in [2.75, 3.05) is 43.5 Å². The van der Waals surface area contributed by atoms with Crippen LogP contribution in [0.3, 0.4) is 0 Å². The number of halogens is 1. The molecule has 9 heteroatoms. The van der Waals surface area contributed by atoms with E-state index in [1.165, 1.54) is 30.6 Å². The number of nitrogens with one attached hydrogen (secondary N) is 2. The Morgan fingerprint density at radius 3 is 2.84 bits per heavy atom. The molecule has 1 fully saturated rings. The standard InChI is InChI=1S/C28H30FN5O3/c1-4-19-9-10-22(29)24(14-19)33-28-21-15-25(32-27(35)8-7-12-34(5-2)6-3)26(16-23(21)30-18-31-28)37-20-11-13-36-17-20/h1,7-10,14-16,18,20H,5-6,11-13,17H2,2-3H3,(H,32,35)(H,30,31,33)/t20-/m0/s1. The number of carbonyl (C=O) groups excluding carboxylic acids is 1. The summed E-state index contributed by atoms with van der Waals surface area (Å²) in [4.78, 5) is 23.6. The van der Waals surface area contributed by atoms with E-state index in [1.807, 2.05) is 6.08 Å². The molecule has 1 aliphatic heterocycles. The van der Waals surface area contributed by atoms with Gasteiger partial charge in [-0.1, -0.05) is 25.8 Å². The number of hydrogen-bond acceptors (Lipinski definition) is 7. The molecule has 0 spiro atoms. The molecule has 1 saturated heterocycles. The Bertz CT molecular complexity index is 1330. The van der Waals surface area contributed by atoms with Crippen LogP contribution in [0.4, 0.5) is 21.6 Å². The number of amides is 1. The Hall–Kier alpha value is -4.00. The summed E-state index contributed by atoms with van der Waals surface area (Å²) in [5.41, 5.74) is 1.73. The number of rotatable bonds is 10. The van der Waals surface area contributed by atoms with E-state index in [1.54, 1.807) is 12.1 Å². The second-order valence-corrected chi connectivity index (χ2v) is 8.53. The van der Waals surface area contributed by atoms with Gasteiger partial charge in [0.15, 0.2) is 0 Å². The minimum absolute atomic E-state index is 0.133. The summed E-state index contributed by atoms with van der Waals surface area (Å²) in [5.74, 6) is 2.56. The predicted molar refractivity (Wildman–Crippen MR) is 143 cm³/mol. The van der Waals surface area contributed by atoms with Crippen LogP contribution in [-0.2, 0) is 9.53 Å². The van der Waals surface area contributed by atoms with E-state index < -0.39 is 5.82 Å². The third kappa shape index (κ3) is 6.61. The van der Waals surface area contributed by atoms with Crippen molar-refractivity contribution in [3.8, 4) is 18.1 Å². The lowest BCUT2D eigenvalue weighted by Gasteiger charge is -2.18. The minimum Gasteiger partial charge on any atom is -0.486 e. The molecule has 37 heavy (non-hydrogen) atoms. The summed E-state index contributed by atoms with van der Waals surface area (Å²) in [7, 11) is 0. The van der Waals surface area contributed by atoms with Gasteiger partial charge in [0.2, 0.25) is 5.91 Å². The molecule has 2 heterocycles. The lowest BCUT2D eigenvalue weighted by atomic mass is 10.1. The van der Waals surface area contributed by atoms with Gasteiger partial charge in [0.25, 0.3) is 0 Å². The van der Waals surface area contributed by atoms with E-state index in [2.05, 4.69) is 45.3 Å². The summed E-state index contributed by atoms with van der Waals surface area (Å²) < 4.78 is 26.1. The highest BCUT2D eigenvalue weighted by Crippen LogP contribution is 2.35. The highest BCUT2D eigenvalue weighted by Gasteiger charge is 2.21. The maximum atomic E-state index is 14.5. The molecule has 0 unspecified atom stereocenters. The highest BCUT2D eigenvalue weighted by molar-refractivity contribution is 6.03. The Morgan fingerprint density at radius 2 is 2.11 bits per heavy atom. The Labute approximate surface area is 215 Å². The average Bonchev–Trinajstić information content (AvgIpc) is 3.42. The van der Waals surface area contributed by atoms with Crippen molar-refractivity contribution in [2.24, 2.45) is 0 Å². The third-order valence-electron chi connectivity index (χ3n) is 6.09. The van der Waals surface area contributed by atoms with Gasteiger partial charge in [-0.15, -0.1) is 6.42 Å². The van der Waals surface area contributed by atoms with Crippen LogP contribution >= 0.6 is 0 Å². The van der Waals surface area contributed by atoms with E-state index in [0.717, 1.165) is 19.5 Å². The molecule has 0 aliphatic carbocycles. The maximum absolute atomic E-state index is 14.5. The number of likely N-dealkylation sites (N-methyl/N-ethyl adjacent to an activating group) is 1. The van der Waals surface area contributed by atoms with Crippen molar-refractivity contribution in [1.82, 2.24) is 14.9 Å². The number of nitrogens with zero attached hydrogens (tertiary/aromatic N) is 3. The molecular formula is C28H30FN5O3. The third-order valence-corrected chi connectivity index (χ3v) is 6.09. The number of aromatic nitrogens is 2. The van der Waals surface area contributed by atoms with Crippen LogP contribution in [0.2, 0.25) is 0 Å². The molecule has 3 aromatic rings. The van der Waals surface area contributed by atoms with Crippen molar-refractivity contribution in [3.63, 3.8) is 0 Å². The summed E-state index contributed by atoms with van der Waals surface area (Å²) >= 11 is 0. The van der Waals surface area contributed by atoms with E-state index >= 15 is 0 Å². The molecule has 2 N–H and O–H groups in total. The zero-order valence-corrected chi connectivity index (χ0v) is 21.0. The smallest absolute Gasteiger partial charge is 0.248 e.